The van der Waals surface area contributed by atoms with Gasteiger partial charge < -0.3 is 19.1 Å². The molecule has 5 aromatic rings. The summed E-state index contributed by atoms with van der Waals surface area (Å²) in [4.78, 5) is 28.8. The van der Waals surface area contributed by atoms with Crippen LogP contribution < -0.4 is 5.43 Å². The third kappa shape index (κ3) is 9.00. The molecule has 0 saturated carbocycles. The summed E-state index contributed by atoms with van der Waals surface area (Å²) in [6.45, 7) is -19.2. The van der Waals surface area contributed by atoms with E-state index in [4.69, 9.17) is 30.8 Å². The van der Waals surface area contributed by atoms with Crippen LogP contribution in [0.15, 0.2) is 100 Å². The van der Waals surface area contributed by atoms with Crippen LogP contribution in [0, 0.1) is 18.6 Å². The molecule has 1 saturated heterocycles. The summed E-state index contributed by atoms with van der Waals surface area (Å²) < 4.78 is 326. The number of carbonyl (C=O) groups excluding carboxylic acids is 1. The third-order valence-electron chi connectivity index (χ3n) is 6.89. The molecule has 1 aliphatic rings. The fourth-order valence-corrected chi connectivity index (χ4v) is 5.20. The molecule has 1 aromatic heterocycles. The lowest BCUT2D eigenvalue weighted by molar-refractivity contribution is -0.137. The molecule has 0 N–H and O–H groups in total. The van der Waals surface area contributed by atoms with Crippen molar-refractivity contribution in [3.8, 4) is 11.1 Å². The van der Waals surface area contributed by atoms with Crippen molar-refractivity contribution >= 4 is 28.6 Å². The Labute approximate surface area is 348 Å². The number of likely N-dealkylation sites (tertiary alicyclic amines) is 1. The molecule has 2 heterocycles. The minimum Gasteiger partial charge on any atom is -0.383 e. The van der Waals surface area contributed by atoms with Gasteiger partial charge in [-0.25, -0.2) is 8.78 Å². The lowest BCUT2D eigenvalue weighted by Gasteiger charge is -2.39. The number of nitrogens with zero attached hydrogens (tertiary/aromatic N) is 3. The number of halogens is 5. The summed E-state index contributed by atoms with van der Waals surface area (Å²) >= 11 is -0.238. The molecule has 0 spiro atoms. The van der Waals surface area contributed by atoms with Crippen molar-refractivity contribution in [2.24, 2.45) is 0 Å². The molecular weight excluding hydrogens is 710 g/mol. The standard InChI is InChI=1S/C41H40F5N3O3S/c1-27-22-29(28-12-14-32(15-13-28)41(44,45)46)10-11-30(27)24-48(33-16-18-47(19-17-33)20-21-52-2)38(51)25-49-36-9-4-3-7-34(36)37(50)23-39(49)53-26-31-6-5-8-35(42)40(31)43/h3-15,22-23,33H,16-21,24-26H2,1-2H3/i3D,4D,5D,6D,7D,8D,9D,10D,11D,12D,13D,14D,15D,16D2,17D2,18D2,19D2,22D,23D,24D2,25D2,33D. The van der Waals surface area contributed by atoms with E-state index in [0.29, 0.717) is 6.92 Å². The maximum atomic E-state index is 16.0. The third-order valence-corrected chi connectivity index (χ3v) is 7.88. The predicted molar refractivity (Wildman–Crippen MR) is 198 cm³/mol. The van der Waals surface area contributed by atoms with E-state index in [1.165, 1.54) is 0 Å². The molecule has 12 heteroatoms. The molecule has 1 aliphatic heterocycles. The molecule has 53 heavy (non-hydrogen) atoms. The highest BCUT2D eigenvalue weighted by molar-refractivity contribution is 7.98. The van der Waals surface area contributed by atoms with Gasteiger partial charge in [-0.05, 0) is 72.1 Å². The first kappa shape index (κ1) is 16.5. The number of hydrogen-bond acceptors (Lipinski definition) is 5. The first-order valence-electron chi connectivity index (χ1n) is 28.8. The Balaban J connectivity index is 1.84. The van der Waals surface area contributed by atoms with E-state index in [-0.39, 0.29) is 21.2 Å². The predicted octanol–water partition coefficient (Wildman–Crippen LogP) is 8.71. The van der Waals surface area contributed by atoms with Crippen molar-refractivity contribution in [3.05, 3.63) is 135 Å². The van der Waals surface area contributed by atoms with Crippen LogP contribution in [0.5, 0.6) is 0 Å². The van der Waals surface area contributed by atoms with E-state index in [0.717, 1.165) is 7.11 Å². The van der Waals surface area contributed by atoms with Crippen molar-refractivity contribution in [2.75, 3.05) is 33.3 Å². The summed E-state index contributed by atoms with van der Waals surface area (Å²) in [6.07, 6.45) is -15.0. The zero-order chi connectivity index (χ0) is 62.4. The Hall–Kier alpha value is -4.52. The van der Waals surface area contributed by atoms with E-state index in [1.807, 2.05) is 0 Å². The molecular formula is C41H40F5N3O3S. The highest BCUT2D eigenvalue weighted by Gasteiger charge is 2.31. The van der Waals surface area contributed by atoms with Gasteiger partial charge in [0.2, 0.25) is 5.91 Å². The van der Waals surface area contributed by atoms with Crippen LogP contribution in [0.2, 0.25) is 0 Å². The van der Waals surface area contributed by atoms with Crippen LogP contribution in [0.4, 0.5) is 22.0 Å². The van der Waals surface area contributed by atoms with Crippen LogP contribution in [0.1, 0.15) is 73.4 Å². The fourth-order valence-electron chi connectivity index (χ4n) is 4.29. The molecule has 0 atom stereocenters. The van der Waals surface area contributed by atoms with Gasteiger partial charge in [-0.15, -0.1) is 11.8 Å². The fraction of sp³-hybridized carbons (Fsp3) is 0.317. The molecule has 6 rings (SSSR count). The molecule has 0 unspecified atom stereocenters. The molecule has 1 fully saturated rings. The number of rotatable bonds is 12. The van der Waals surface area contributed by atoms with E-state index in [2.05, 4.69) is 0 Å². The lowest BCUT2D eigenvalue weighted by Crippen LogP contribution is -2.48. The number of piperidine rings is 1. The average molecular weight is 778 g/mol. The summed E-state index contributed by atoms with van der Waals surface area (Å²) in [7, 11) is 0.985. The number of thioether (sulfide) groups is 1. The second-order valence-electron chi connectivity index (χ2n) is 10.4. The number of methoxy groups -OCH3 is 1. The van der Waals surface area contributed by atoms with Gasteiger partial charge in [0.25, 0.3) is 0 Å². The van der Waals surface area contributed by atoms with Crippen molar-refractivity contribution < 1.29 is 69.9 Å². The van der Waals surface area contributed by atoms with E-state index in [1.54, 1.807) is 0 Å². The van der Waals surface area contributed by atoms with Crippen molar-refractivity contribution in [1.82, 2.24) is 14.4 Å². The highest BCUT2D eigenvalue weighted by Crippen LogP contribution is 2.32. The first-order valence-corrected chi connectivity index (χ1v) is 15.7. The average Bonchev–Trinajstić information content (AvgIpc) is 3.35. The van der Waals surface area contributed by atoms with Gasteiger partial charge in [0.15, 0.2) is 17.1 Å². The molecule has 278 valence electrons. The summed E-state index contributed by atoms with van der Waals surface area (Å²) in [5.74, 6) is -8.37. The van der Waals surface area contributed by atoms with Crippen LogP contribution >= 0.6 is 11.8 Å². The topological polar surface area (TPSA) is 54.8 Å². The van der Waals surface area contributed by atoms with Gasteiger partial charge in [-0.1, -0.05) is 54.4 Å². The Bertz CT molecular complexity index is 3470. The van der Waals surface area contributed by atoms with Gasteiger partial charge in [-0.2, -0.15) is 13.2 Å². The van der Waals surface area contributed by atoms with Crippen molar-refractivity contribution in [3.63, 3.8) is 0 Å². The quantitative estimate of drug-likeness (QED) is 0.0938. The Morgan fingerprint density at radius 1 is 1.00 bits per heavy atom. The largest absolute Gasteiger partial charge is 0.416 e. The number of aromatic nitrogens is 1. The van der Waals surface area contributed by atoms with Crippen LogP contribution in [0.25, 0.3) is 22.0 Å². The van der Waals surface area contributed by atoms with Gasteiger partial charge in [-0.3, -0.25) is 9.59 Å². The Morgan fingerprint density at radius 3 is 2.43 bits per heavy atom. The zero-order valence-electron chi connectivity index (χ0n) is 55.0. The smallest absolute Gasteiger partial charge is 0.383 e. The Morgan fingerprint density at radius 2 is 1.72 bits per heavy atom. The number of ether oxygens (including phenoxy) is 1. The molecule has 6 nitrogen and oxygen atoms in total. The molecule has 4 aromatic carbocycles. The number of alkyl halides is 3. The monoisotopic (exact) mass is 777 g/mol. The van der Waals surface area contributed by atoms with Crippen LogP contribution in [0.3, 0.4) is 0 Å². The highest BCUT2D eigenvalue weighted by atomic mass is 32.2. The van der Waals surface area contributed by atoms with Gasteiger partial charge in [0.05, 0.1) is 50.1 Å². The maximum absolute atomic E-state index is 16.0. The number of amides is 1. The normalized spacial score (nSPS) is 26.7. The second-order valence-corrected chi connectivity index (χ2v) is 11.4. The van der Waals surface area contributed by atoms with Gasteiger partial charge in [0, 0.05) is 72.9 Å². The molecule has 0 radical (unpaired) electrons. The van der Waals surface area contributed by atoms with Crippen LogP contribution in [-0.2, 0) is 34.5 Å². The summed E-state index contributed by atoms with van der Waals surface area (Å²) in [5.41, 5.74) is -12.0. The number of hydrogen-bond donors (Lipinski definition) is 0. The summed E-state index contributed by atoms with van der Waals surface area (Å²) in [6, 6.07) is -27.8. The van der Waals surface area contributed by atoms with Crippen molar-refractivity contribution in [1.29, 1.82) is 0 Å². The minimum atomic E-state index is -5.55. The number of pyridine rings is 1. The van der Waals surface area contributed by atoms with Gasteiger partial charge >= 0.3 is 6.18 Å². The van der Waals surface area contributed by atoms with E-state index >= 15 is 9.18 Å². The minimum absolute atomic E-state index is 0.185. The maximum Gasteiger partial charge on any atom is 0.416 e. The van der Waals surface area contributed by atoms with E-state index in [9.17, 15) is 34.7 Å². The van der Waals surface area contributed by atoms with Crippen LogP contribution in [-0.4, -0.2) is 59.5 Å². The van der Waals surface area contributed by atoms with Gasteiger partial charge in [0.1, 0.15) is 6.50 Å². The number of para-hydroxylation sites is 1. The number of benzene rings is 4. The molecule has 1 amide bonds. The number of carbonyl (C=O) groups is 1. The number of fused-ring (bicyclic) bond motifs is 1. The SMILES string of the molecule is [2H]c1c([2H])c(F)c(F)c(CSc2c([2H])c(=O)c3c([2H])c([2H])c([2H])c([2H])c3n2C([2H])([2H])C(=O)N(C([2H])([2H])c2c([2H])c([2H])c(-c3c([2H])c([2H])c(C(F)(F)F)c([2H])c3[2H])c([2H])c2C)C2([2H])C([2H])([2H])C([2H])([2H])N(CCOC)C([2H])([2H])C2([2H])[2H])c1[2H]. The zero-order valence-corrected chi connectivity index (χ0v) is 27.8. The Kier molecular flexibility index (Phi) is 5.17. The molecule has 0 aliphatic carbocycles. The summed E-state index contributed by atoms with van der Waals surface area (Å²) in [5, 5.41) is -2.82. The molecule has 0 bridgehead atoms. The van der Waals surface area contributed by atoms with Crippen molar-refractivity contribution in [2.45, 2.75) is 55.6 Å². The lowest BCUT2D eigenvalue weighted by atomic mass is 9.97. The first-order chi connectivity index (χ1) is 36.6. The van der Waals surface area contributed by atoms with E-state index < -0.39 is 238 Å². The second kappa shape index (κ2) is 16.7.